The first-order valence-corrected chi connectivity index (χ1v) is 17.8. The molecule has 5 heteroatoms. The van der Waals surface area contributed by atoms with Crippen molar-refractivity contribution in [2.45, 2.75) is 105 Å². The number of rotatable bonds is 15. The Bertz CT molecular complexity index is 1110. The number of unbranched alkanes of at least 4 members (excludes halogenated alkanes) is 3. The van der Waals surface area contributed by atoms with Gasteiger partial charge >= 0.3 is 21.7 Å². The molecule has 1 aliphatic carbocycles. The first kappa shape index (κ1) is 41.9. The summed E-state index contributed by atoms with van der Waals surface area (Å²) in [6, 6.07) is 29.3. The largest absolute Gasteiger partial charge is 4.00 e. The summed E-state index contributed by atoms with van der Waals surface area (Å²) < 4.78 is 0. The van der Waals surface area contributed by atoms with E-state index in [2.05, 4.69) is 113 Å². The monoisotopic (exact) mass is 686 g/mol. The van der Waals surface area contributed by atoms with E-state index in [0.717, 1.165) is 12.8 Å². The van der Waals surface area contributed by atoms with Gasteiger partial charge in [0, 0.05) is 0 Å². The van der Waals surface area contributed by atoms with Gasteiger partial charge in [-0.15, -0.1) is 0 Å². The van der Waals surface area contributed by atoms with Crippen LogP contribution in [-0.2, 0) is 41.0 Å². The third-order valence-electron chi connectivity index (χ3n) is 8.45. The molecule has 0 N–H and O–H groups in total. The Morgan fingerprint density at radius 3 is 1.16 bits per heavy atom. The second kappa shape index (κ2) is 21.6. The van der Waals surface area contributed by atoms with E-state index in [4.69, 9.17) is 0 Å². The minimum absolute atomic E-state index is 0. The number of hydrogen-bond donors (Lipinski definition) is 0. The van der Waals surface area contributed by atoms with Crippen LogP contribution in [0.5, 0.6) is 0 Å². The summed E-state index contributed by atoms with van der Waals surface area (Å²) in [4.78, 5) is 0. The van der Waals surface area contributed by atoms with E-state index >= 15 is 0 Å². The minimum atomic E-state index is -2.47. The Morgan fingerprint density at radius 1 is 0.512 bits per heavy atom. The van der Waals surface area contributed by atoms with Crippen LogP contribution >= 0.6 is 0 Å². The Kier molecular flexibility index (Phi) is 21.1. The zero-order chi connectivity index (χ0) is 27.5. The molecule has 0 unspecified atom stereocenters. The fraction of sp³-hybridized carbons (Fsp3) is 0.421. The molecule has 230 valence electrons. The molecular formula is C38H49Cl3SiTi. The minimum Gasteiger partial charge on any atom is -1.00 e. The maximum Gasteiger partial charge on any atom is 4.00 e. The van der Waals surface area contributed by atoms with Crippen LogP contribution in [0.25, 0.3) is 0 Å². The van der Waals surface area contributed by atoms with Crippen molar-refractivity contribution in [1.29, 1.82) is 0 Å². The number of aryl methyl sites for hydroxylation is 3. The molecule has 0 heterocycles. The molecule has 0 amide bonds. The molecule has 0 saturated carbocycles. The van der Waals surface area contributed by atoms with E-state index in [1.807, 2.05) is 0 Å². The van der Waals surface area contributed by atoms with Gasteiger partial charge in [0.25, 0.3) is 0 Å². The molecule has 0 spiro atoms. The number of allylic oxidation sites excluding steroid dienone is 4. The summed E-state index contributed by atoms with van der Waals surface area (Å²) >= 11 is 0. The molecular weight excluding hydrogens is 639 g/mol. The average Bonchev–Trinajstić information content (AvgIpc) is 3.45. The van der Waals surface area contributed by atoms with Crippen LogP contribution in [0.3, 0.4) is 0 Å². The van der Waals surface area contributed by atoms with E-state index in [-0.39, 0.29) is 58.9 Å². The van der Waals surface area contributed by atoms with Crippen LogP contribution in [0.4, 0.5) is 0 Å². The summed E-state index contributed by atoms with van der Waals surface area (Å²) in [7, 11) is -2.47. The molecule has 3 aromatic rings. The number of hydrogen-bond acceptors (Lipinski definition) is 0. The summed E-state index contributed by atoms with van der Waals surface area (Å²) in [6.45, 7) is 9.13. The molecule has 0 fully saturated rings. The van der Waals surface area contributed by atoms with Gasteiger partial charge in [-0.05, 0) is 70.8 Å². The van der Waals surface area contributed by atoms with Gasteiger partial charge in [0.05, 0.1) is 0 Å². The zero-order valence-corrected chi connectivity index (χ0v) is 31.5. The Hall–Kier alpha value is -1.06. The van der Waals surface area contributed by atoms with Gasteiger partial charge in [-0.25, -0.2) is 11.6 Å². The summed E-state index contributed by atoms with van der Waals surface area (Å²) in [5.41, 5.74) is 5.79. The van der Waals surface area contributed by atoms with Gasteiger partial charge in [0.2, 0.25) is 0 Å². The van der Waals surface area contributed by atoms with Crippen LogP contribution < -0.4 is 52.8 Å². The predicted molar refractivity (Wildman–Crippen MR) is 174 cm³/mol. The quantitative estimate of drug-likeness (QED) is 0.116. The zero-order valence-electron chi connectivity index (χ0n) is 26.6. The third-order valence-corrected chi connectivity index (χ3v) is 13.3. The van der Waals surface area contributed by atoms with E-state index < -0.39 is 8.07 Å². The van der Waals surface area contributed by atoms with Crippen molar-refractivity contribution in [3.63, 3.8) is 0 Å². The van der Waals surface area contributed by atoms with Crippen molar-refractivity contribution in [2.24, 2.45) is 0 Å². The van der Waals surface area contributed by atoms with Crippen molar-refractivity contribution >= 4 is 23.6 Å². The molecule has 0 atom stereocenters. The second-order valence-electron chi connectivity index (χ2n) is 11.4. The van der Waals surface area contributed by atoms with E-state index in [1.165, 1.54) is 107 Å². The van der Waals surface area contributed by atoms with Crippen molar-refractivity contribution < 1.29 is 58.9 Å². The molecule has 1 aliphatic rings. The Morgan fingerprint density at radius 2 is 0.860 bits per heavy atom. The van der Waals surface area contributed by atoms with Crippen LogP contribution in [0.15, 0.2) is 89.6 Å². The molecule has 0 saturated heterocycles. The summed E-state index contributed by atoms with van der Waals surface area (Å²) in [5, 5.41) is 6.02. The van der Waals surface area contributed by atoms with Gasteiger partial charge in [-0.1, -0.05) is 139 Å². The first-order chi connectivity index (χ1) is 19.1. The first-order valence-electron chi connectivity index (χ1n) is 15.8. The molecule has 43 heavy (non-hydrogen) atoms. The standard InChI is InChI=1S/C38H49Si.3ClH.Ti/c1-5-9-13-31-16-23-35(24-17-31)39(38-29-22-34(30-38)12-8-4,36-25-18-32(19-26-36)14-10-6-2)37-27-20-33(21-28-37)15-11-7-3;;;;/h16-28H,5-15,29H2,1-4H3;3*1H;/q-1;;;;+4/p-3. The Balaban J connectivity index is 0.00000441. The number of benzene rings is 3. The van der Waals surface area contributed by atoms with Crippen molar-refractivity contribution in [3.05, 3.63) is 112 Å². The molecule has 0 aromatic heterocycles. The van der Waals surface area contributed by atoms with Gasteiger partial charge in [-0.2, -0.15) is 5.20 Å². The predicted octanol–water partition coefficient (Wildman–Crippen LogP) is -0.407. The molecule has 0 radical (unpaired) electrons. The maximum atomic E-state index is 4.01. The molecule has 0 nitrogen and oxygen atoms in total. The van der Waals surface area contributed by atoms with E-state index in [9.17, 15) is 0 Å². The van der Waals surface area contributed by atoms with E-state index in [0.29, 0.717) is 0 Å². The van der Waals surface area contributed by atoms with Crippen LogP contribution in [-0.4, -0.2) is 8.07 Å². The number of halogens is 3. The van der Waals surface area contributed by atoms with Gasteiger partial charge in [0.15, 0.2) is 8.07 Å². The van der Waals surface area contributed by atoms with Crippen LogP contribution in [0, 0.1) is 6.08 Å². The third kappa shape index (κ3) is 10.5. The fourth-order valence-corrected chi connectivity index (χ4v) is 10.9. The van der Waals surface area contributed by atoms with Crippen molar-refractivity contribution in [3.8, 4) is 0 Å². The molecule has 3 aromatic carbocycles. The topological polar surface area (TPSA) is 0 Å². The Labute approximate surface area is 297 Å². The maximum absolute atomic E-state index is 4.01. The van der Waals surface area contributed by atoms with Crippen LogP contribution in [0.2, 0.25) is 0 Å². The fourth-order valence-electron chi connectivity index (χ4n) is 6.13. The van der Waals surface area contributed by atoms with Gasteiger partial charge in [-0.3, -0.25) is 6.08 Å². The summed E-state index contributed by atoms with van der Waals surface area (Å²) in [5.74, 6) is 0. The second-order valence-corrected chi connectivity index (χ2v) is 15.3. The van der Waals surface area contributed by atoms with E-state index in [1.54, 1.807) is 0 Å². The van der Waals surface area contributed by atoms with Gasteiger partial charge in [0.1, 0.15) is 0 Å². The smallest absolute Gasteiger partial charge is 1.00 e. The summed E-state index contributed by atoms with van der Waals surface area (Å²) in [6.07, 6.45) is 20.8. The van der Waals surface area contributed by atoms with Crippen LogP contribution in [0.1, 0.15) is 102 Å². The molecule has 4 rings (SSSR count). The molecule has 0 bridgehead atoms. The van der Waals surface area contributed by atoms with Crippen molar-refractivity contribution in [2.75, 3.05) is 0 Å². The average molecular weight is 688 g/mol. The van der Waals surface area contributed by atoms with Crippen molar-refractivity contribution in [1.82, 2.24) is 0 Å². The SMILES string of the molecule is CCCCc1ccc([Si](C2=[C-]C(CCC)=CC2)(c2ccc(CCCC)cc2)c2ccc(CCCC)cc2)cc1.[Cl-].[Cl-].[Cl-].[Ti+4]. The molecule has 0 aliphatic heterocycles. The normalized spacial score (nSPS) is 12.2. The van der Waals surface area contributed by atoms with Gasteiger partial charge < -0.3 is 37.2 Å².